The molecule has 18 heavy (non-hydrogen) atoms. The van der Waals surface area contributed by atoms with E-state index in [1.807, 2.05) is 0 Å². The lowest BCUT2D eigenvalue weighted by Gasteiger charge is -2.13. The van der Waals surface area contributed by atoms with E-state index in [0.717, 1.165) is 30.3 Å². The lowest BCUT2D eigenvalue weighted by atomic mass is 10.2. The Morgan fingerprint density at radius 3 is 2.89 bits per heavy atom. The molecule has 3 nitrogen and oxygen atoms in total. The number of aryl methyl sites for hydroxylation is 1. The summed E-state index contributed by atoms with van der Waals surface area (Å²) >= 11 is 0. The highest BCUT2D eigenvalue weighted by molar-refractivity contribution is 5.75. The Labute approximate surface area is 108 Å². The summed E-state index contributed by atoms with van der Waals surface area (Å²) in [6.45, 7) is 6.33. The number of hydrogen-bond donors (Lipinski definition) is 1. The fourth-order valence-electron chi connectivity index (χ4n) is 2.63. The zero-order valence-electron chi connectivity index (χ0n) is 11.2. The van der Waals surface area contributed by atoms with Gasteiger partial charge in [-0.05, 0) is 44.7 Å². The van der Waals surface area contributed by atoms with Crippen molar-refractivity contribution in [3.8, 4) is 0 Å². The van der Waals surface area contributed by atoms with E-state index in [1.54, 1.807) is 0 Å². The molecule has 0 saturated heterocycles. The largest absolute Gasteiger partial charge is 0.327 e. The summed E-state index contributed by atoms with van der Waals surface area (Å²) in [4.78, 5) is 4.74. The summed E-state index contributed by atoms with van der Waals surface area (Å²) in [7, 11) is 0. The molecule has 1 aromatic carbocycles. The van der Waals surface area contributed by atoms with Crippen LogP contribution in [0.1, 0.15) is 32.5 Å². The average molecular weight is 243 g/mol. The van der Waals surface area contributed by atoms with Crippen molar-refractivity contribution in [2.45, 2.75) is 45.8 Å². The molecule has 0 spiro atoms. The van der Waals surface area contributed by atoms with Gasteiger partial charge in [0.05, 0.1) is 17.6 Å². The van der Waals surface area contributed by atoms with Crippen LogP contribution in [0, 0.1) is 5.92 Å². The molecule has 1 saturated carbocycles. The minimum absolute atomic E-state index is 0.620. The van der Waals surface area contributed by atoms with E-state index in [4.69, 9.17) is 4.98 Å². The summed E-state index contributed by atoms with van der Waals surface area (Å²) < 4.78 is 2.31. The maximum Gasteiger partial charge on any atom is 0.123 e. The van der Waals surface area contributed by atoms with Gasteiger partial charge in [0.2, 0.25) is 0 Å². The number of aromatic nitrogens is 2. The van der Waals surface area contributed by atoms with Gasteiger partial charge in [0.1, 0.15) is 5.82 Å². The SMILES string of the molecule is CCn1c(CNC(C)C2CC2)nc2ccccc21. The Bertz CT molecular complexity index is 540. The third-order valence-electron chi connectivity index (χ3n) is 3.96. The van der Waals surface area contributed by atoms with Crippen LogP contribution >= 0.6 is 0 Å². The highest BCUT2D eigenvalue weighted by atomic mass is 15.1. The molecule has 1 fully saturated rings. The molecular formula is C15H21N3. The van der Waals surface area contributed by atoms with Crippen molar-refractivity contribution in [3.05, 3.63) is 30.1 Å². The maximum absolute atomic E-state index is 4.74. The van der Waals surface area contributed by atoms with E-state index in [1.165, 1.54) is 18.4 Å². The molecule has 0 radical (unpaired) electrons. The zero-order chi connectivity index (χ0) is 12.5. The normalized spacial score (nSPS) is 17.2. The van der Waals surface area contributed by atoms with Crippen LogP contribution in [0.25, 0.3) is 11.0 Å². The van der Waals surface area contributed by atoms with Crippen LogP contribution in [0.5, 0.6) is 0 Å². The van der Waals surface area contributed by atoms with Gasteiger partial charge in [0, 0.05) is 12.6 Å². The number of rotatable bonds is 5. The van der Waals surface area contributed by atoms with E-state index in [-0.39, 0.29) is 0 Å². The summed E-state index contributed by atoms with van der Waals surface area (Å²) in [5.41, 5.74) is 2.35. The first-order valence-corrected chi connectivity index (χ1v) is 6.97. The number of nitrogens with one attached hydrogen (secondary N) is 1. The number of para-hydroxylation sites is 2. The van der Waals surface area contributed by atoms with Gasteiger partial charge in [-0.1, -0.05) is 12.1 Å². The standard InChI is InChI=1S/C15H21N3/c1-3-18-14-7-5-4-6-13(14)17-15(18)10-16-11(2)12-8-9-12/h4-7,11-12,16H,3,8-10H2,1-2H3. The molecule has 1 unspecified atom stereocenters. The average Bonchev–Trinajstić information content (AvgIpc) is 3.17. The third-order valence-corrected chi connectivity index (χ3v) is 3.96. The topological polar surface area (TPSA) is 29.9 Å². The molecule has 96 valence electrons. The number of hydrogen-bond acceptors (Lipinski definition) is 2. The van der Waals surface area contributed by atoms with Crippen molar-refractivity contribution in [1.29, 1.82) is 0 Å². The second kappa shape index (κ2) is 4.73. The molecule has 1 N–H and O–H groups in total. The Balaban J connectivity index is 1.81. The fourth-order valence-corrected chi connectivity index (χ4v) is 2.63. The molecule has 0 amide bonds. The third kappa shape index (κ3) is 2.15. The monoisotopic (exact) mass is 243 g/mol. The highest BCUT2D eigenvalue weighted by Crippen LogP contribution is 2.32. The van der Waals surface area contributed by atoms with Gasteiger partial charge in [-0.25, -0.2) is 4.98 Å². The minimum atomic E-state index is 0.620. The predicted octanol–water partition coefficient (Wildman–Crippen LogP) is 2.94. The van der Waals surface area contributed by atoms with Crippen molar-refractivity contribution < 1.29 is 0 Å². The second-order valence-corrected chi connectivity index (χ2v) is 5.27. The zero-order valence-corrected chi connectivity index (χ0v) is 11.2. The molecule has 2 aromatic rings. The van der Waals surface area contributed by atoms with Crippen LogP contribution in [0.4, 0.5) is 0 Å². The van der Waals surface area contributed by atoms with Gasteiger partial charge in [0.25, 0.3) is 0 Å². The minimum Gasteiger partial charge on any atom is -0.327 e. The quantitative estimate of drug-likeness (QED) is 0.875. The van der Waals surface area contributed by atoms with Crippen LogP contribution in [0.15, 0.2) is 24.3 Å². The summed E-state index contributed by atoms with van der Waals surface area (Å²) in [5.74, 6) is 2.05. The van der Waals surface area contributed by atoms with E-state index in [0.29, 0.717) is 6.04 Å². The van der Waals surface area contributed by atoms with Gasteiger partial charge < -0.3 is 9.88 Å². The van der Waals surface area contributed by atoms with Gasteiger partial charge in [0.15, 0.2) is 0 Å². The Hall–Kier alpha value is -1.35. The van der Waals surface area contributed by atoms with Crippen LogP contribution in [-0.2, 0) is 13.1 Å². The molecule has 1 aliphatic rings. The first kappa shape index (κ1) is 11.7. The number of fused-ring (bicyclic) bond motifs is 1. The lowest BCUT2D eigenvalue weighted by Crippen LogP contribution is -2.28. The lowest BCUT2D eigenvalue weighted by molar-refractivity contribution is 0.480. The molecular weight excluding hydrogens is 222 g/mol. The van der Waals surface area contributed by atoms with Gasteiger partial charge in [-0.15, -0.1) is 0 Å². The molecule has 3 rings (SSSR count). The molecule has 0 bridgehead atoms. The van der Waals surface area contributed by atoms with Crippen molar-refractivity contribution in [1.82, 2.24) is 14.9 Å². The van der Waals surface area contributed by atoms with Crippen molar-refractivity contribution >= 4 is 11.0 Å². The summed E-state index contributed by atoms with van der Waals surface area (Å²) in [5, 5.41) is 3.61. The van der Waals surface area contributed by atoms with Gasteiger partial charge in [-0.3, -0.25) is 0 Å². The Morgan fingerprint density at radius 1 is 1.39 bits per heavy atom. The highest BCUT2D eigenvalue weighted by Gasteiger charge is 2.27. The van der Waals surface area contributed by atoms with E-state index >= 15 is 0 Å². The molecule has 1 atom stereocenters. The van der Waals surface area contributed by atoms with E-state index in [2.05, 4.69) is 48.0 Å². The summed E-state index contributed by atoms with van der Waals surface area (Å²) in [6, 6.07) is 9.00. The van der Waals surface area contributed by atoms with Crippen molar-refractivity contribution in [3.63, 3.8) is 0 Å². The summed E-state index contributed by atoms with van der Waals surface area (Å²) in [6.07, 6.45) is 2.77. The number of benzene rings is 1. The molecule has 0 aliphatic heterocycles. The Kier molecular flexibility index (Phi) is 3.08. The molecule has 3 heteroatoms. The van der Waals surface area contributed by atoms with Crippen LogP contribution in [0.3, 0.4) is 0 Å². The molecule has 1 aliphatic carbocycles. The van der Waals surface area contributed by atoms with Crippen molar-refractivity contribution in [2.75, 3.05) is 0 Å². The first-order chi connectivity index (χ1) is 8.79. The fraction of sp³-hybridized carbons (Fsp3) is 0.533. The second-order valence-electron chi connectivity index (χ2n) is 5.27. The van der Waals surface area contributed by atoms with E-state index in [9.17, 15) is 0 Å². The Morgan fingerprint density at radius 2 is 2.17 bits per heavy atom. The van der Waals surface area contributed by atoms with E-state index < -0.39 is 0 Å². The molecule has 1 heterocycles. The number of nitrogens with zero attached hydrogens (tertiary/aromatic N) is 2. The van der Waals surface area contributed by atoms with Gasteiger partial charge in [-0.2, -0.15) is 0 Å². The van der Waals surface area contributed by atoms with Crippen LogP contribution < -0.4 is 5.32 Å². The first-order valence-electron chi connectivity index (χ1n) is 6.97. The van der Waals surface area contributed by atoms with Gasteiger partial charge >= 0.3 is 0 Å². The maximum atomic E-state index is 4.74. The van der Waals surface area contributed by atoms with Crippen molar-refractivity contribution in [2.24, 2.45) is 5.92 Å². The number of imidazole rings is 1. The van der Waals surface area contributed by atoms with Crippen LogP contribution in [-0.4, -0.2) is 15.6 Å². The predicted molar refractivity (Wildman–Crippen MR) is 74.4 cm³/mol. The smallest absolute Gasteiger partial charge is 0.123 e. The molecule has 1 aromatic heterocycles. The van der Waals surface area contributed by atoms with Crippen LogP contribution in [0.2, 0.25) is 0 Å².